The number of nitrogens with zero attached hydrogens (tertiary/aromatic N) is 5. The zero-order chi connectivity index (χ0) is 20.9. The molecule has 0 aliphatic carbocycles. The number of piperazine rings is 1. The molecular weight excluding hydrogens is 380 g/mol. The molecule has 154 valence electrons. The first-order valence-electron chi connectivity index (χ1n) is 9.94. The van der Waals surface area contributed by atoms with Gasteiger partial charge in [0.25, 0.3) is 0 Å². The van der Waals surface area contributed by atoms with E-state index in [2.05, 4.69) is 32.3 Å². The van der Waals surface area contributed by atoms with Gasteiger partial charge < -0.3 is 10.2 Å². The molecule has 4 rings (SSSR count). The van der Waals surface area contributed by atoms with E-state index < -0.39 is 4.92 Å². The molecule has 2 aromatic carbocycles. The minimum Gasteiger partial charge on any atom is -0.348 e. The summed E-state index contributed by atoms with van der Waals surface area (Å²) < 4.78 is 0. The minimum absolute atomic E-state index is 0.0875. The van der Waals surface area contributed by atoms with E-state index in [9.17, 15) is 10.1 Å². The molecule has 2 heterocycles. The van der Waals surface area contributed by atoms with Gasteiger partial charge in [0.05, 0.1) is 4.92 Å². The Kier molecular flexibility index (Phi) is 5.85. The van der Waals surface area contributed by atoms with E-state index in [0.717, 1.165) is 30.9 Å². The molecule has 1 fully saturated rings. The highest BCUT2D eigenvalue weighted by molar-refractivity contribution is 5.74. The first-order chi connectivity index (χ1) is 14.6. The van der Waals surface area contributed by atoms with Gasteiger partial charge in [-0.3, -0.25) is 15.0 Å². The molecule has 1 saturated heterocycles. The number of anilines is 3. The number of nitrogens with one attached hydrogen (secondary N) is 1. The highest BCUT2D eigenvalue weighted by Gasteiger charge is 2.29. The van der Waals surface area contributed by atoms with Crippen molar-refractivity contribution in [2.45, 2.75) is 13.5 Å². The van der Waals surface area contributed by atoms with Crippen LogP contribution in [0, 0.1) is 17.0 Å². The molecule has 0 radical (unpaired) electrons. The van der Waals surface area contributed by atoms with E-state index in [0.29, 0.717) is 18.9 Å². The van der Waals surface area contributed by atoms with E-state index in [1.807, 2.05) is 54.3 Å². The lowest BCUT2D eigenvalue weighted by atomic mass is 10.2. The quantitative estimate of drug-likeness (QED) is 0.494. The molecule has 0 bridgehead atoms. The Morgan fingerprint density at radius 1 is 1.03 bits per heavy atom. The summed E-state index contributed by atoms with van der Waals surface area (Å²) in [5.74, 6) is 0.576. The maximum absolute atomic E-state index is 11.9. The molecule has 30 heavy (non-hydrogen) atoms. The lowest BCUT2D eigenvalue weighted by Crippen LogP contribution is -2.46. The Morgan fingerprint density at radius 2 is 1.80 bits per heavy atom. The zero-order valence-corrected chi connectivity index (χ0v) is 16.9. The number of nitro groups is 1. The lowest BCUT2D eigenvalue weighted by Gasteiger charge is -2.35. The fourth-order valence-corrected chi connectivity index (χ4v) is 3.68. The maximum atomic E-state index is 11.9. The van der Waals surface area contributed by atoms with Gasteiger partial charge in [-0.15, -0.1) is 0 Å². The Morgan fingerprint density at radius 3 is 2.50 bits per heavy atom. The normalized spacial score (nSPS) is 14.5. The van der Waals surface area contributed by atoms with Gasteiger partial charge in [0.1, 0.15) is 6.33 Å². The number of benzene rings is 2. The van der Waals surface area contributed by atoms with Gasteiger partial charge in [0.15, 0.2) is 0 Å². The molecule has 8 nitrogen and oxygen atoms in total. The molecule has 1 N–H and O–H groups in total. The third kappa shape index (κ3) is 4.55. The van der Waals surface area contributed by atoms with Crippen LogP contribution in [0.5, 0.6) is 0 Å². The van der Waals surface area contributed by atoms with Crippen LogP contribution in [0.4, 0.5) is 23.0 Å². The van der Waals surface area contributed by atoms with Crippen LogP contribution in [0.1, 0.15) is 11.1 Å². The fraction of sp³-hybridized carbons (Fsp3) is 0.273. The average Bonchev–Trinajstić information content (AvgIpc) is 2.75. The number of hydrogen-bond donors (Lipinski definition) is 1. The van der Waals surface area contributed by atoms with Crippen molar-refractivity contribution in [2.75, 3.05) is 36.4 Å². The van der Waals surface area contributed by atoms with Crippen LogP contribution in [0.15, 0.2) is 60.9 Å². The van der Waals surface area contributed by atoms with Crippen molar-refractivity contribution < 1.29 is 4.92 Å². The van der Waals surface area contributed by atoms with Crippen LogP contribution in [0.25, 0.3) is 0 Å². The number of hydrogen-bond acceptors (Lipinski definition) is 7. The standard InChI is InChI=1S/C22H24N6O2/c1-17-6-5-9-19(14-17)25-21-20(28(29)30)22(24-16-23-21)27-12-10-26(11-13-27)15-18-7-3-2-4-8-18/h2-9,14,16H,10-13,15H2,1H3,(H,23,24,25). The highest BCUT2D eigenvalue weighted by Crippen LogP contribution is 2.34. The summed E-state index contributed by atoms with van der Waals surface area (Å²) in [6.07, 6.45) is 1.39. The van der Waals surface area contributed by atoms with Gasteiger partial charge in [-0.05, 0) is 30.2 Å². The molecule has 1 aliphatic heterocycles. The summed E-state index contributed by atoms with van der Waals surface area (Å²) >= 11 is 0. The number of aryl methyl sites for hydroxylation is 1. The molecule has 0 atom stereocenters. The van der Waals surface area contributed by atoms with Crippen molar-refractivity contribution in [1.29, 1.82) is 0 Å². The van der Waals surface area contributed by atoms with Gasteiger partial charge in [0.2, 0.25) is 11.6 Å². The molecule has 3 aromatic rings. The van der Waals surface area contributed by atoms with Crippen LogP contribution in [-0.4, -0.2) is 46.0 Å². The number of rotatable bonds is 6. The van der Waals surface area contributed by atoms with Crippen LogP contribution < -0.4 is 10.2 Å². The van der Waals surface area contributed by atoms with E-state index >= 15 is 0 Å². The highest BCUT2D eigenvalue weighted by atomic mass is 16.6. The molecule has 0 unspecified atom stereocenters. The van der Waals surface area contributed by atoms with Gasteiger partial charge in [-0.25, -0.2) is 9.97 Å². The van der Waals surface area contributed by atoms with Crippen LogP contribution in [-0.2, 0) is 6.54 Å². The fourth-order valence-electron chi connectivity index (χ4n) is 3.68. The smallest absolute Gasteiger partial charge is 0.348 e. The first-order valence-corrected chi connectivity index (χ1v) is 9.94. The molecule has 1 aliphatic rings. The summed E-state index contributed by atoms with van der Waals surface area (Å²) in [6, 6.07) is 18.0. The van der Waals surface area contributed by atoms with Gasteiger partial charge in [-0.2, -0.15) is 0 Å². The molecule has 8 heteroatoms. The Balaban J connectivity index is 1.51. The summed E-state index contributed by atoms with van der Waals surface area (Å²) in [6.45, 7) is 5.83. The Hall–Kier alpha value is -3.52. The van der Waals surface area contributed by atoms with Crippen molar-refractivity contribution in [3.05, 3.63) is 82.2 Å². The predicted octanol–water partition coefficient (Wildman–Crippen LogP) is 3.76. The summed E-state index contributed by atoms with van der Waals surface area (Å²) in [7, 11) is 0. The topological polar surface area (TPSA) is 87.4 Å². The molecule has 0 amide bonds. The SMILES string of the molecule is Cc1cccc(Nc2ncnc(N3CCN(Cc4ccccc4)CC3)c2[N+](=O)[O-])c1. The van der Waals surface area contributed by atoms with E-state index in [1.165, 1.54) is 11.9 Å². The van der Waals surface area contributed by atoms with Gasteiger partial charge in [0, 0.05) is 38.4 Å². The van der Waals surface area contributed by atoms with Crippen molar-refractivity contribution in [3.63, 3.8) is 0 Å². The second-order valence-corrected chi connectivity index (χ2v) is 7.39. The van der Waals surface area contributed by atoms with Crippen molar-refractivity contribution >= 4 is 23.0 Å². The summed E-state index contributed by atoms with van der Waals surface area (Å²) in [5, 5.41) is 15.0. The number of aromatic nitrogens is 2. The first kappa shape index (κ1) is 19.8. The summed E-state index contributed by atoms with van der Waals surface area (Å²) in [4.78, 5) is 24.2. The largest absolute Gasteiger partial charge is 0.353 e. The summed E-state index contributed by atoms with van der Waals surface area (Å²) in [5.41, 5.74) is 3.00. The van der Waals surface area contributed by atoms with Crippen molar-refractivity contribution in [1.82, 2.24) is 14.9 Å². The average molecular weight is 404 g/mol. The Bertz CT molecular complexity index is 1020. The monoisotopic (exact) mass is 404 g/mol. The maximum Gasteiger partial charge on any atom is 0.353 e. The zero-order valence-electron chi connectivity index (χ0n) is 16.9. The van der Waals surface area contributed by atoms with Crippen molar-refractivity contribution in [2.24, 2.45) is 0 Å². The molecule has 1 aromatic heterocycles. The van der Waals surface area contributed by atoms with E-state index in [1.54, 1.807) is 0 Å². The van der Waals surface area contributed by atoms with E-state index in [-0.39, 0.29) is 11.5 Å². The van der Waals surface area contributed by atoms with Crippen molar-refractivity contribution in [3.8, 4) is 0 Å². The predicted molar refractivity (Wildman–Crippen MR) is 117 cm³/mol. The Labute approximate surface area is 175 Å². The molecule has 0 saturated carbocycles. The van der Waals surface area contributed by atoms with E-state index in [4.69, 9.17) is 0 Å². The molecular formula is C22H24N6O2. The minimum atomic E-state index is -0.399. The van der Waals surface area contributed by atoms with Crippen LogP contribution in [0.3, 0.4) is 0 Å². The van der Waals surface area contributed by atoms with Crippen LogP contribution in [0.2, 0.25) is 0 Å². The van der Waals surface area contributed by atoms with Gasteiger partial charge in [-0.1, -0.05) is 42.5 Å². The van der Waals surface area contributed by atoms with Gasteiger partial charge >= 0.3 is 5.69 Å². The second-order valence-electron chi connectivity index (χ2n) is 7.39. The lowest BCUT2D eigenvalue weighted by molar-refractivity contribution is -0.383. The second kappa shape index (κ2) is 8.87. The third-order valence-corrected chi connectivity index (χ3v) is 5.19. The van der Waals surface area contributed by atoms with Crippen LogP contribution >= 0.6 is 0 Å². The molecule has 0 spiro atoms. The third-order valence-electron chi connectivity index (χ3n) is 5.19.